The Labute approximate surface area is 249 Å². The molecule has 1 aliphatic rings. The Morgan fingerprint density at radius 1 is 1.26 bits per heavy atom. The van der Waals surface area contributed by atoms with Gasteiger partial charge in [0.1, 0.15) is 11.1 Å². The van der Waals surface area contributed by atoms with Gasteiger partial charge in [-0.1, -0.05) is 72.3 Å². The SMILES string of the molecule is C=C(C(=O)NCc1cc(Cc2ccccc2Cl)cs1)[C@@H](OC(C)(C)O)C(=S)N1CCCC1c1cccc(Cl)c1. The maximum absolute atomic E-state index is 13.2. The van der Waals surface area contributed by atoms with Crippen LogP contribution in [0.2, 0.25) is 10.0 Å². The van der Waals surface area contributed by atoms with E-state index in [-0.39, 0.29) is 17.5 Å². The zero-order chi connectivity index (χ0) is 28.2. The number of hydrogen-bond donors (Lipinski definition) is 2. The average molecular weight is 604 g/mol. The minimum absolute atomic E-state index is 0.00243. The van der Waals surface area contributed by atoms with Crippen LogP contribution in [-0.2, 0) is 22.5 Å². The van der Waals surface area contributed by atoms with Crippen molar-refractivity contribution in [1.29, 1.82) is 0 Å². The zero-order valence-corrected chi connectivity index (χ0v) is 25.1. The van der Waals surface area contributed by atoms with E-state index in [2.05, 4.69) is 28.2 Å². The summed E-state index contributed by atoms with van der Waals surface area (Å²) in [6.07, 6.45) is 1.57. The van der Waals surface area contributed by atoms with Gasteiger partial charge in [0.15, 0.2) is 5.79 Å². The lowest BCUT2D eigenvalue weighted by Crippen LogP contribution is -2.46. The normalized spacial score (nSPS) is 16.2. The van der Waals surface area contributed by atoms with Gasteiger partial charge in [0.2, 0.25) is 5.91 Å². The van der Waals surface area contributed by atoms with Crippen molar-refractivity contribution < 1.29 is 14.6 Å². The van der Waals surface area contributed by atoms with E-state index < -0.39 is 11.9 Å². The maximum atomic E-state index is 13.2. The van der Waals surface area contributed by atoms with Gasteiger partial charge in [-0.3, -0.25) is 4.79 Å². The van der Waals surface area contributed by atoms with E-state index >= 15 is 0 Å². The van der Waals surface area contributed by atoms with Crippen molar-refractivity contribution in [3.63, 3.8) is 0 Å². The second kappa shape index (κ2) is 12.9. The second-order valence-electron chi connectivity index (χ2n) is 10.1. The molecule has 3 aromatic rings. The summed E-state index contributed by atoms with van der Waals surface area (Å²) < 4.78 is 5.91. The molecule has 1 unspecified atom stereocenters. The molecule has 1 fully saturated rings. The van der Waals surface area contributed by atoms with E-state index in [1.54, 1.807) is 11.3 Å². The minimum atomic E-state index is -1.52. The molecule has 0 aliphatic carbocycles. The first-order valence-electron chi connectivity index (χ1n) is 12.7. The number of rotatable bonds is 10. The van der Waals surface area contributed by atoms with Gasteiger partial charge in [-0.15, -0.1) is 11.3 Å². The van der Waals surface area contributed by atoms with Gasteiger partial charge in [-0.05, 0) is 79.4 Å². The van der Waals surface area contributed by atoms with E-state index in [9.17, 15) is 9.90 Å². The number of carbonyl (C=O) groups excluding carboxylic acids is 1. The summed E-state index contributed by atoms with van der Waals surface area (Å²) in [6, 6.07) is 17.5. The third kappa shape index (κ3) is 7.91. The number of nitrogens with one attached hydrogen (secondary N) is 1. The van der Waals surface area contributed by atoms with Gasteiger partial charge in [0, 0.05) is 27.0 Å². The van der Waals surface area contributed by atoms with Gasteiger partial charge in [0.05, 0.1) is 12.6 Å². The fourth-order valence-corrected chi connectivity index (χ4v) is 6.31. The molecule has 1 saturated heterocycles. The first kappa shape index (κ1) is 29.7. The molecule has 39 heavy (non-hydrogen) atoms. The molecule has 2 heterocycles. The van der Waals surface area contributed by atoms with Crippen molar-refractivity contribution in [3.05, 3.63) is 104 Å². The monoisotopic (exact) mass is 602 g/mol. The average Bonchev–Trinajstić information content (AvgIpc) is 3.56. The van der Waals surface area contributed by atoms with Crippen molar-refractivity contribution in [2.75, 3.05) is 6.54 Å². The lowest BCUT2D eigenvalue weighted by atomic mass is 10.0. The van der Waals surface area contributed by atoms with Crippen LogP contribution in [0.4, 0.5) is 0 Å². The van der Waals surface area contributed by atoms with Crippen molar-refractivity contribution in [1.82, 2.24) is 10.2 Å². The van der Waals surface area contributed by atoms with Crippen LogP contribution in [-0.4, -0.2) is 39.3 Å². The quantitative estimate of drug-likeness (QED) is 0.147. The summed E-state index contributed by atoms with van der Waals surface area (Å²) in [5.74, 6) is -1.91. The molecule has 1 amide bonds. The Balaban J connectivity index is 1.44. The van der Waals surface area contributed by atoms with Crippen LogP contribution in [0.3, 0.4) is 0 Å². The van der Waals surface area contributed by atoms with Gasteiger partial charge in [-0.2, -0.15) is 0 Å². The predicted octanol–water partition coefficient (Wildman–Crippen LogP) is 7.10. The van der Waals surface area contributed by atoms with Crippen molar-refractivity contribution >= 4 is 57.7 Å². The Bertz CT molecular complexity index is 1350. The molecule has 2 aromatic carbocycles. The number of carbonyl (C=O) groups is 1. The van der Waals surface area contributed by atoms with E-state index in [0.29, 0.717) is 23.1 Å². The van der Waals surface area contributed by atoms with E-state index in [1.165, 1.54) is 13.8 Å². The highest BCUT2D eigenvalue weighted by Crippen LogP contribution is 2.35. The Morgan fingerprint density at radius 3 is 2.74 bits per heavy atom. The topological polar surface area (TPSA) is 61.8 Å². The van der Waals surface area contributed by atoms with Crippen LogP contribution in [0.15, 0.2) is 72.1 Å². The number of ether oxygens (including phenoxy) is 1. The lowest BCUT2D eigenvalue weighted by molar-refractivity contribution is -0.184. The van der Waals surface area contributed by atoms with Crippen LogP contribution < -0.4 is 5.32 Å². The number of nitrogens with zero attached hydrogens (tertiary/aromatic N) is 1. The van der Waals surface area contributed by atoms with E-state index in [1.807, 2.05) is 48.5 Å². The van der Waals surface area contributed by atoms with Crippen molar-refractivity contribution in [2.24, 2.45) is 0 Å². The standard InChI is InChI=1S/C30H32Cl2N2O3S2/c1-19(28(35)33-17-24-15-20(18-39-24)14-21-8-4-5-11-25(21)32)27(37-30(2,3)36)29(38)34-13-7-12-26(34)22-9-6-10-23(31)16-22/h4-6,8-11,15-16,18,26-27,36H,1,7,12-14,17H2,2-3H3,(H,33,35)/t26?,27-/m1/s1. The Kier molecular flexibility index (Phi) is 9.86. The minimum Gasteiger partial charge on any atom is -0.366 e. The summed E-state index contributed by atoms with van der Waals surface area (Å²) in [6.45, 7) is 8.10. The predicted molar refractivity (Wildman–Crippen MR) is 163 cm³/mol. The van der Waals surface area contributed by atoms with Crippen molar-refractivity contribution in [3.8, 4) is 0 Å². The summed E-state index contributed by atoms with van der Waals surface area (Å²) >= 11 is 20.0. The van der Waals surface area contributed by atoms with Gasteiger partial charge < -0.3 is 20.1 Å². The molecule has 9 heteroatoms. The second-order valence-corrected chi connectivity index (χ2v) is 12.3. The summed E-state index contributed by atoms with van der Waals surface area (Å²) in [5, 5.41) is 16.9. The molecule has 4 rings (SSSR count). The third-order valence-corrected chi connectivity index (χ3v) is 8.53. The molecule has 1 aromatic heterocycles. The molecular formula is C30H32Cl2N2O3S2. The summed E-state index contributed by atoms with van der Waals surface area (Å²) in [7, 11) is 0. The molecular weight excluding hydrogens is 571 g/mol. The fraction of sp³-hybridized carbons (Fsp3) is 0.333. The molecule has 0 radical (unpaired) electrons. The number of likely N-dealkylation sites (tertiary alicyclic amines) is 1. The molecule has 0 saturated carbocycles. The maximum Gasteiger partial charge on any atom is 0.249 e. The van der Waals surface area contributed by atoms with Gasteiger partial charge in [-0.25, -0.2) is 0 Å². The summed E-state index contributed by atoms with van der Waals surface area (Å²) in [4.78, 5) is 16.7. The zero-order valence-electron chi connectivity index (χ0n) is 22.0. The number of benzene rings is 2. The molecule has 2 atom stereocenters. The molecule has 5 nitrogen and oxygen atoms in total. The van der Waals surface area contributed by atoms with Crippen LogP contribution in [0, 0.1) is 0 Å². The smallest absolute Gasteiger partial charge is 0.249 e. The van der Waals surface area contributed by atoms with Gasteiger partial charge >= 0.3 is 0 Å². The van der Waals surface area contributed by atoms with Crippen LogP contribution in [0.25, 0.3) is 0 Å². The highest BCUT2D eigenvalue weighted by atomic mass is 35.5. The van der Waals surface area contributed by atoms with E-state index in [0.717, 1.165) is 45.9 Å². The summed E-state index contributed by atoms with van der Waals surface area (Å²) in [5.41, 5.74) is 3.37. The number of thiocarbonyl (C=S) groups is 1. The van der Waals surface area contributed by atoms with Crippen LogP contribution >= 0.6 is 46.8 Å². The Hall–Kier alpha value is -2.26. The number of halogens is 2. The van der Waals surface area contributed by atoms with Gasteiger partial charge in [0.25, 0.3) is 0 Å². The lowest BCUT2D eigenvalue weighted by Gasteiger charge is -2.35. The number of thiophene rings is 1. The molecule has 1 aliphatic heterocycles. The van der Waals surface area contributed by atoms with E-state index in [4.69, 9.17) is 40.2 Å². The third-order valence-electron chi connectivity index (χ3n) is 6.49. The highest BCUT2D eigenvalue weighted by molar-refractivity contribution is 7.80. The molecule has 0 spiro atoms. The molecule has 0 bridgehead atoms. The van der Waals surface area contributed by atoms with Crippen molar-refractivity contribution in [2.45, 2.75) is 57.6 Å². The molecule has 2 N–H and O–H groups in total. The first-order valence-corrected chi connectivity index (χ1v) is 14.8. The highest BCUT2D eigenvalue weighted by Gasteiger charge is 2.37. The number of amides is 1. The largest absolute Gasteiger partial charge is 0.366 e. The fourth-order valence-electron chi connectivity index (χ4n) is 4.67. The Morgan fingerprint density at radius 2 is 2.03 bits per heavy atom. The van der Waals surface area contributed by atoms with Crippen LogP contribution in [0.1, 0.15) is 54.3 Å². The number of aliphatic hydroxyl groups is 1. The van der Waals surface area contributed by atoms with Crippen LogP contribution in [0.5, 0.6) is 0 Å². The molecule has 206 valence electrons. The first-order chi connectivity index (χ1) is 18.5. The number of hydrogen-bond acceptors (Lipinski definition) is 5.